The topological polar surface area (TPSA) is 66.8 Å². The summed E-state index contributed by atoms with van der Waals surface area (Å²) >= 11 is 0. The molecular formula is C16H19F2NO4. The highest BCUT2D eigenvalue weighted by molar-refractivity contribution is 5.78. The summed E-state index contributed by atoms with van der Waals surface area (Å²) in [6.07, 6.45) is 2.06. The summed E-state index contributed by atoms with van der Waals surface area (Å²) in [7, 11) is 0. The van der Waals surface area contributed by atoms with Gasteiger partial charge < -0.3 is 14.7 Å². The Bertz CT molecular complexity index is 579. The van der Waals surface area contributed by atoms with Crippen LogP contribution in [0.3, 0.4) is 0 Å². The fraction of sp³-hybridized carbons (Fsp3) is 0.500. The molecule has 0 radical (unpaired) electrons. The Kier molecular flexibility index (Phi) is 5.90. The molecule has 126 valence electrons. The second-order valence-corrected chi connectivity index (χ2v) is 5.51. The van der Waals surface area contributed by atoms with Crippen molar-refractivity contribution in [2.24, 2.45) is 0 Å². The molecule has 0 saturated carbocycles. The van der Waals surface area contributed by atoms with Crippen molar-refractivity contribution >= 4 is 11.9 Å². The van der Waals surface area contributed by atoms with Gasteiger partial charge in [-0.05, 0) is 31.4 Å². The van der Waals surface area contributed by atoms with Crippen LogP contribution in [0.4, 0.5) is 8.78 Å². The van der Waals surface area contributed by atoms with Gasteiger partial charge in [-0.1, -0.05) is 0 Å². The van der Waals surface area contributed by atoms with Crippen LogP contribution in [0.5, 0.6) is 5.75 Å². The van der Waals surface area contributed by atoms with Crippen molar-refractivity contribution in [1.82, 2.24) is 4.90 Å². The van der Waals surface area contributed by atoms with Crippen LogP contribution in [-0.2, 0) is 9.59 Å². The molecule has 1 amide bonds. The molecule has 7 heteroatoms. The molecule has 1 aliphatic rings. The van der Waals surface area contributed by atoms with Gasteiger partial charge >= 0.3 is 5.97 Å². The van der Waals surface area contributed by atoms with E-state index in [0.29, 0.717) is 19.4 Å². The second-order valence-electron chi connectivity index (χ2n) is 5.51. The minimum atomic E-state index is -0.912. The molecule has 1 aliphatic heterocycles. The molecule has 23 heavy (non-hydrogen) atoms. The maximum Gasteiger partial charge on any atom is 0.305 e. The van der Waals surface area contributed by atoms with E-state index >= 15 is 0 Å². The molecule has 5 nitrogen and oxygen atoms in total. The number of nitrogens with zero attached hydrogens (tertiary/aromatic N) is 1. The lowest BCUT2D eigenvalue weighted by atomic mass is 10.1. The fourth-order valence-electron chi connectivity index (χ4n) is 2.72. The van der Waals surface area contributed by atoms with Crippen LogP contribution in [0, 0.1) is 11.6 Å². The van der Waals surface area contributed by atoms with E-state index in [4.69, 9.17) is 9.84 Å². The summed E-state index contributed by atoms with van der Waals surface area (Å²) in [5, 5.41) is 8.84. The second kappa shape index (κ2) is 7.89. The van der Waals surface area contributed by atoms with Gasteiger partial charge in [0.1, 0.15) is 5.82 Å². The van der Waals surface area contributed by atoms with Crippen LogP contribution in [0.25, 0.3) is 0 Å². The standard InChI is InChI=1S/C16H19F2NO4/c17-11-5-6-14(13(18)9-11)23-8-2-4-15(20)19-7-1-3-12(19)10-16(21)22/h5-6,9,12H,1-4,7-8,10H2,(H,21,22). The van der Waals surface area contributed by atoms with Crippen molar-refractivity contribution in [1.29, 1.82) is 0 Å². The monoisotopic (exact) mass is 327 g/mol. The number of halogens is 2. The number of likely N-dealkylation sites (tertiary alicyclic amines) is 1. The molecule has 1 unspecified atom stereocenters. The van der Waals surface area contributed by atoms with Crippen molar-refractivity contribution < 1.29 is 28.2 Å². The first-order valence-corrected chi connectivity index (χ1v) is 7.56. The number of amides is 1. The minimum absolute atomic E-state index is 0.0387. The molecule has 1 aromatic rings. The fourth-order valence-corrected chi connectivity index (χ4v) is 2.72. The van der Waals surface area contributed by atoms with E-state index in [2.05, 4.69) is 0 Å². The molecule has 1 aromatic carbocycles. The molecule has 0 aliphatic carbocycles. The summed E-state index contributed by atoms with van der Waals surface area (Å²) in [4.78, 5) is 24.5. The summed E-state index contributed by atoms with van der Waals surface area (Å²) < 4.78 is 31.3. The zero-order chi connectivity index (χ0) is 16.8. The third kappa shape index (κ3) is 4.91. The number of carbonyl (C=O) groups is 2. The van der Waals surface area contributed by atoms with Gasteiger partial charge in [0, 0.05) is 25.1 Å². The number of rotatable bonds is 7. The molecule has 1 atom stereocenters. The average molecular weight is 327 g/mol. The summed E-state index contributed by atoms with van der Waals surface area (Å²) in [5.41, 5.74) is 0. The van der Waals surface area contributed by atoms with Gasteiger partial charge in [0.25, 0.3) is 0 Å². The SMILES string of the molecule is O=C(O)CC1CCCN1C(=O)CCCOc1ccc(F)cc1F. The molecule has 1 heterocycles. The van der Waals surface area contributed by atoms with E-state index in [9.17, 15) is 18.4 Å². The Labute approximate surface area is 132 Å². The molecule has 1 N–H and O–H groups in total. The van der Waals surface area contributed by atoms with Crippen LogP contribution in [0.2, 0.25) is 0 Å². The Morgan fingerprint density at radius 2 is 2.13 bits per heavy atom. The Morgan fingerprint density at radius 1 is 1.35 bits per heavy atom. The maximum atomic E-state index is 13.4. The van der Waals surface area contributed by atoms with Crippen molar-refractivity contribution in [3.63, 3.8) is 0 Å². The van der Waals surface area contributed by atoms with E-state index in [1.54, 1.807) is 4.90 Å². The lowest BCUT2D eigenvalue weighted by Crippen LogP contribution is -2.36. The van der Waals surface area contributed by atoms with Crippen LogP contribution >= 0.6 is 0 Å². The van der Waals surface area contributed by atoms with Crippen LogP contribution < -0.4 is 4.74 Å². The van der Waals surface area contributed by atoms with E-state index in [-0.39, 0.29) is 37.1 Å². The maximum absolute atomic E-state index is 13.4. The number of carboxylic acids is 1. The first-order chi connectivity index (χ1) is 11.0. The number of hydrogen-bond donors (Lipinski definition) is 1. The molecule has 0 bridgehead atoms. The van der Waals surface area contributed by atoms with Gasteiger partial charge in [0.2, 0.25) is 5.91 Å². The largest absolute Gasteiger partial charge is 0.491 e. The smallest absolute Gasteiger partial charge is 0.305 e. The number of ether oxygens (including phenoxy) is 1. The predicted molar refractivity (Wildman–Crippen MR) is 78.1 cm³/mol. The zero-order valence-electron chi connectivity index (χ0n) is 12.6. The van der Waals surface area contributed by atoms with Crippen LogP contribution in [-0.4, -0.2) is 41.1 Å². The third-order valence-corrected chi connectivity index (χ3v) is 3.79. The highest BCUT2D eigenvalue weighted by Gasteiger charge is 2.29. The summed E-state index contributed by atoms with van der Waals surface area (Å²) in [6, 6.07) is 2.80. The lowest BCUT2D eigenvalue weighted by molar-refractivity contribution is -0.139. The minimum Gasteiger partial charge on any atom is -0.491 e. The molecule has 1 fully saturated rings. The highest BCUT2D eigenvalue weighted by atomic mass is 19.1. The van der Waals surface area contributed by atoms with Gasteiger partial charge in [-0.3, -0.25) is 9.59 Å². The molecule has 2 rings (SSSR count). The van der Waals surface area contributed by atoms with E-state index in [1.807, 2.05) is 0 Å². The predicted octanol–water partition coefficient (Wildman–Crippen LogP) is 2.59. The first kappa shape index (κ1) is 17.2. The van der Waals surface area contributed by atoms with Gasteiger partial charge in [-0.2, -0.15) is 0 Å². The Balaban J connectivity index is 1.75. The van der Waals surface area contributed by atoms with E-state index in [0.717, 1.165) is 18.6 Å². The van der Waals surface area contributed by atoms with Gasteiger partial charge in [0.15, 0.2) is 11.6 Å². The van der Waals surface area contributed by atoms with Gasteiger partial charge in [0.05, 0.1) is 13.0 Å². The molecule has 0 aromatic heterocycles. The number of carbonyl (C=O) groups excluding carboxylic acids is 1. The van der Waals surface area contributed by atoms with Crippen molar-refractivity contribution in [3.05, 3.63) is 29.8 Å². The number of aliphatic carboxylic acids is 1. The molecular weight excluding hydrogens is 308 g/mol. The summed E-state index contributed by atoms with van der Waals surface area (Å²) in [5.74, 6) is -2.54. The van der Waals surface area contributed by atoms with Crippen LogP contribution in [0.1, 0.15) is 32.1 Å². The lowest BCUT2D eigenvalue weighted by Gasteiger charge is -2.23. The Hall–Kier alpha value is -2.18. The van der Waals surface area contributed by atoms with E-state index < -0.39 is 17.6 Å². The third-order valence-electron chi connectivity index (χ3n) is 3.79. The number of carboxylic acid groups (broad SMARTS) is 1. The quantitative estimate of drug-likeness (QED) is 0.782. The van der Waals surface area contributed by atoms with Crippen molar-refractivity contribution in [2.75, 3.05) is 13.2 Å². The molecule has 1 saturated heterocycles. The van der Waals surface area contributed by atoms with E-state index in [1.165, 1.54) is 6.07 Å². The normalized spacial score (nSPS) is 17.3. The first-order valence-electron chi connectivity index (χ1n) is 7.56. The average Bonchev–Trinajstić information content (AvgIpc) is 2.92. The van der Waals surface area contributed by atoms with Crippen molar-refractivity contribution in [2.45, 2.75) is 38.1 Å². The molecule has 0 spiro atoms. The number of benzene rings is 1. The Morgan fingerprint density at radius 3 is 2.83 bits per heavy atom. The number of hydrogen-bond acceptors (Lipinski definition) is 3. The van der Waals surface area contributed by atoms with Gasteiger partial charge in [-0.25, -0.2) is 8.78 Å². The highest BCUT2D eigenvalue weighted by Crippen LogP contribution is 2.22. The summed E-state index contributed by atoms with van der Waals surface area (Å²) in [6.45, 7) is 0.704. The van der Waals surface area contributed by atoms with Crippen molar-refractivity contribution in [3.8, 4) is 5.75 Å². The van der Waals surface area contributed by atoms with Crippen LogP contribution in [0.15, 0.2) is 18.2 Å². The zero-order valence-corrected chi connectivity index (χ0v) is 12.6. The van der Waals surface area contributed by atoms with Gasteiger partial charge in [-0.15, -0.1) is 0 Å².